The molecule has 1 saturated carbocycles. The van der Waals surface area contributed by atoms with Crippen molar-refractivity contribution in [2.75, 3.05) is 0 Å². The largest absolute Gasteiger partial charge is 0.508 e. The van der Waals surface area contributed by atoms with E-state index in [0.717, 1.165) is 11.1 Å². The average Bonchev–Trinajstić information content (AvgIpc) is 3.48. The molecule has 0 aromatic heterocycles. The molecule has 0 saturated heterocycles. The summed E-state index contributed by atoms with van der Waals surface area (Å²) in [6, 6.07) is 24.3. The first-order valence-electron chi connectivity index (χ1n) is 9.07. The van der Waals surface area contributed by atoms with Crippen molar-refractivity contribution in [3.05, 3.63) is 95.6 Å². The lowest BCUT2D eigenvalue weighted by molar-refractivity contribution is -0.122. The fourth-order valence-corrected chi connectivity index (χ4v) is 3.74. The van der Waals surface area contributed by atoms with Gasteiger partial charge in [0, 0.05) is 17.0 Å². The first kappa shape index (κ1) is 17.8. The summed E-state index contributed by atoms with van der Waals surface area (Å²) in [7, 11) is 0. The normalized spacial score (nSPS) is 17.4. The van der Waals surface area contributed by atoms with Gasteiger partial charge in [-0.05, 0) is 29.7 Å². The second-order valence-electron chi connectivity index (χ2n) is 6.94. The lowest BCUT2D eigenvalue weighted by atomic mass is 9.85. The molecule has 1 atom stereocenters. The summed E-state index contributed by atoms with van der Waals surface area (Å²) < 4.78 is 0. The van der Waals surface area contributed by atoms with Crippen LogP contribution >= 0.6 is 0 Å². The minimum Gasteiger partial charge on any atom is -0.508 e. The third kappa shape index (κ3) is 3.22. The molecule has 1 aliphatic carbocycles. The van der Waals surface area contributed by atoms with E-state index in [2.05, 4.69) is 34.8 Å². The molecule has 1 fully saturated rings. The van der Waals surface area contributed by atoms with Gasteiger partial charge in [0.05, 0.1) is 12.1 Å². The Morgan fingerprint density at radius 2 is 1.57 bits per heavy atom. The van der Waals surface area contributed by atoms with E-state index in [1.54, 1.807) is 0 Å². The van der Waals surface area contributed by atoms with Gasteiger partial charge < -0.3 is 10.2 Å². The Hall–Kier alpha value is -3.60. The topological polar surface area (TPSA) is 81.9 Å². The van der Waals surface area contributed by atoms with Crippen molar-refractivity contribution in [3.63, 3.8) is 0 Å². The molecule has 4 rings (SSSR count). The summed E-state index contributed by atoms with van der Waals surface area (Å²) in [6.45, 7) is 0. The van der Waals surface area contributed by atoms with Crippen molar-refractivity contribution in [2.45, 2.75) is 11.8 Å². The minimum atomic E-state index is -0.344. The van der Waals surface area contributed by atoms with E-state index in [9.17, 15) is 15.0 Å². The predicted octanol–water partition coefficient (Wildman–Crippen LogP) is 3.55. The Morgan fingerprint density at radius 1 is 0.964 bits per heavy atom. The molecular formula is C23H20N2O3. The van der Waals surface area contributed by atoms with Crippen LogP contribution in [0.5, 0.6) is 11.5 Å². The molecule has 3 aromatic rings. The number of phenolic OH excluding ortho intramolecular Hbond substituents is 2. The zero-order valence-electron chi connectivity index (χ0n) is 15.1. The fourth-order valence-electron chi connectivity index (χ4n) is 3.74. The van der Waals surface area contributed by atoms with E-state index in [0.29, 0.717) is 12.0 Å². The molecule has 1 amide bonds. The Labute approximate surface area is 163 Å². The summed E-state index contributed by atoms with van der Waals surface area (Å²) in [6.07, 6.45) is 2.08. The maximum Gasteiger partial charge on any atom is 0.244 e. The van der Waals surface area contributed by atoms with Gasteiger partial charge >= 0.3 is 0 Å². The second-order valence-corrected chi connectivity index (χ2v) is 6.94. The van der Waals surface area contributed by atoms with Gasteiger partial charge in [0.2, 0.25) is 5.91 Å². The standard InChI is InChI=1S/C23H20N2O3/c26-19-12-11-16(21(27)13-19)15-24-25-22(28)20-14-23(20,17-7-3-1-4-8-17)18-9-5-2-6-10-18/h1-13,15,20,26-27H,14H2,(H,25,28)/b24-15+/t20-/m0/s1. The highest BCUT2D eigenvalue weighted by molar-refractivity contribution is 5.88. The molecule has 3 aromatic carbocycles. The van der Waals surface area contributed by atoms with Crippen molar-refractivity contribution in [1.82, 2.24) is 5.43 Å². The van der Waals surface area contributed by atoms with Gasteiger partial charge in [-0.1, -0.05) is 60.7 Å². The summed E-state index contributed by atoms with van der Waals surface area (Å²) in [5, 5.41) is 23.1. The Balaban J connectivity index is 1.54. The van der Waals surface area contributed by atoms with E-state index in [1.165, 1.54) is 24.4 Å². The number of hydrogen-bond donors (Lipinski definition) is 3. The van der Waals surface area contributed by atoms with Crippen molar-refractivity contribution >= 4 is 12.1 Å². The lowest BCUT2D eigenvalue weighted by Gasteiger charge is -2.18. The van der Waals surface area contributed by atoms with Crippen LogP contribution in [0.1, 0.15) is 23.1 Å². The molecule has 140 valence electrons. The van der Waals surface area contributed by atoms with Crippen molar-refractivity contribution in [3.8, 4) is 11.5 Å². The van der Waals surface area contributed by atoms with Crippen molar-refractivity contribution < 1.29 is 15.0 Å². The van der Waals surface area contributed by atoms with E-state index in [1.807, 2.05) is 36.4 Å². The summed E-state index contributed by atoms with van der Waals surface area (Å²) >= 11 is 0. The zero-order valence-corrected chi connectivity index (χ0v) is 15.1. The minimum absolute atomic E-state index is 0.0350. The Kier molecular flexibility index (Phi) is 4.57. The highest BCUT2D eigenvalue weighted by Gasteiger charge is 2.60. The average molecular weight is 372 g/mol. The first-order valence-corrected chi connectivity index (χ1v) is 9.07. The number of hydrogen-bond acceptors (Lipinski definition) is 4. The van der Waals surface area contributed by atoms with Gasteiger partial charge in [-0.2, -0.15) is 5.10 Å². The molecule has 0 spiro atoms. The van der Waals surface area contributed by atoms with Gasteiger partial charge in [-0.15, -0.1) is 0 Å². The smallest absolute Gasteiger partial charge is 0.244 e. The molecule has 1 aliphatic rings. The van der Waals surface area contributed by atoms with E-state index < -0.39 is 0 Å². The van der Waals surface area contributed by atoms with Crippen LogP contribution in [-0.2, 0) is 10.2 Å². The van der Waals surface area contributed by atoms with Crippen molar-refractivity contribution in [2.24, 2.45) is 11.0 Å². The number of aromatic hydroxyl groups is 2. The van der Waals surface area contributed by atoms with Crippen LogP contribution < -0.4 is 5.43 Å². The third-order valence-electron chi connectivity index (χ3n) is 5.25. The van der Waals surface area contributed by atoms with Crippen LogP contribution in [0.3, 0.4) is 0 Å². The van der Waals surface area contributed by atoms with Crippen LogP contribution in [0.15, 0.2) is 84.0 Å². The number of nitrogens with zero attached hydrogens (tertiary/aromatic N) is 1. The fraction of sp³-hybridized carbons (Fsp3) is 0.130. The van der Waals surface area contributed by atoms with Crippen LogP contribution in [0.25, 0.3) is 0 Å². The Bertz CT molecular complexity index is 977. The summed E-state index contributed by atoms with van der Waals surface area (Å²) in [5.41, 5.74) is 4.88. The second kappa shape index (κ2) is 7.19. The quantitative estimate of drug-likeness (QED) is 0.473. The molecule has 0 radical (unpaired) electrons. The molecular weight excluding hydrogens is 352 g/mol. The number of nitrogens with one attached hydrogen (secondary N) is 1. The molecule has 0 bridgehead atoms. The van der Waals surface area contributed by atoms with Gasteiger partial charge in [-0.3, -0.25) is 4.79 Å². The number of amides is 1. The summed E-state index contributed by atoms with van der Waals surface area (Å²) in [4.78, 5) is 12.8. The highest BCUT2D eigenvalue weighted by Crippen LogP contribution is 2.58. The zero-order chi connectivity index (χ0) is 19.6. The molecule has 0 heterocycles. The third-order valence-corrected chi connectivity index (χ3v) is 5.25. The number of hydrazone groups is 1. The van der Waals surface area contributed by atoms with Gasteiger partial charge in [0.15, 0.2) is 0 Å². The number of phenols is 2. The van der Waals surface area contributed by atoms with E-state index >= 15 is 0 Å². The number of rotatable bonds is 5. The number of carbonyl (C=O) groups is 1. The number of carbonyl (C=O) groups excluding carboxylic acids is 1. The molecule has 3 N–H and O–H groups in total. The predicted molar refractivity (Wildman–Crippen MR) is 107 cm³/mol. The Morgan fingerprint density at radius 3 is 2.14 bits per heavy atom. The van der Waals surface area contributed by atoms with Gasteiger partial charge in [-0.25, -0.2) is 5.43 Å². The SMILES string of the molecule is O=C(N/N=C/c1ccc(O)cc1O)[C@@H]1CC1(c1ccccc1)c1ccccc1. The lowest BCUT2D eigenvalue weighted by Crippen LogP contribution is -2.25. The molecule has 0 unspecified atom stereocenters. The maximum absolute atomic E-state index is 12.8. The maximum atomic E-state index is 12.8. The van der Waals surface area contributed by atoms with E-state index in [-0.39, 0.29) is 28.7 Å². The highest BCUT2D eigenvalue weighted by atomic mass is 16.3. The van der Waals surface area contributed by atoms with Gasteiger partial charge in [0.1, 0.15) is 11.5 Å². The summed E-state index contributed by atoms with van der Waals surface area (Å²) in [5.74, 6) is -0.524. The monoisotopic (exact) mass is 372 g/mol. The van der Waals surface area contributed by atoms with Crippen LogP contribution in [0.4, 0.5) is 0 Å². The number of benzene rings is 3. The first-order chi connectivity index (χ1) is 13.6. The molecule has 5 heteroatoms. The van der Waals surface area contributed by atoms with E-state index in [4.69, 9.17) is 0 Å². The molecule has 5 nitrogen and oxygen atoms in total. The van der Waals surface area contributed by atoms with Crippen LogP contribution in [0, 0.1) is 5.92 Å². The molecule has 28 heavy (non-hydrogen) atoms. The van der Waals surface area contributed by atoms with Crippen molar-refractivity contribution in [1.29, 1.82) is 0 Å². The van der Waals surface area contributed by atoms with Crippen LogP contribution in [-0.4, -0.2) is 22.3 Å². The molecule has 0 aliphatic heterocycles. The van der Waals surface area contributed by atoms with Gasteiger partial charge in [0.25, 0.3) is 0 Å². The van der Waals surface area contributed by atoms with Crippen LogP contribution in [0.2, 0.25) is 0 Å².